The van der Waals surface area contributed by atoms with Crippen LogP contribution in [-0.2, 0) is 13.0 Å². The van der Waals surface area contributed by atoms with Gasteiger partial charge in [0, 0.05) is 48.7 Å². The first kappa shape index (κ1) is 22.3. The van der Waals surface area contributed by atoms with Crippen LogP contribution in [0.1, 0.15) is 47.2 Å². The lowest BCUT2D eigenvalue weighted by atomic mass is 10.0. The van der Waals surface area contributed by atoms with Gasteiger partial charge in [0.2, 0.25) is 0 Å². The number of carbonyl (C=O) groups is 2. The first-order valence-electron chi connectivity index (χ1n) is 10.5. The van der Waals surface area contributed by atoms with Gasteiger partial charge < -0.3 is 20.9 Å². The van der Waals surface area contributed by atoms with Crippen LogP contribution in [0, 0.1) is 0 Å². The maximum absolute atomic E-state index is 12.8. The molecule has 162 valence electrons. The lowest BCUT2D eigenvalue weighted by molar-refractivity contribution is 0.0993. The third-order valence-corrected chi connectivity index (χ3v) is 6.37. The Bertz CT molecular complexity index is 841. The van der Waals surface area contributed by atoms with Gasteiger partial charge in [0.15, 0.2) is 5.78 Å². The third-order valence-electron chi connectivity index (χ3n) is 5.56. The van der Waals surface area contributed by atoms with Crippen molar-refractivity contribution >= 4 is 28.8 Å². The summed E-state index contributed by atoms with van der Waals surface area (Å²) < 4.78 is 0. The third kappa shape index (κ3) is 6.31. The fraction of sp³-hybridized carbons (Fsp3) is 0.478. The van der Waals surface area contributed by atoms with Crippen molar-refractivity contribution in [3.63, 3.8) is 0 Å². The minimum Gasteiger partial charge on any atom is -0.398 e. The molecule has 0 radical (unpaired) electrons. The van der Waals surface area contributed by atoms with Crippen LogP contribution in [0.4, 0.5) is 10.5 Å². The second-order valence-electron chi connectivity index (χ2n) is 8.30. The SMILES string of the molecule is CN(C)CCN(Cc1ccc(C(=O)Cc2cscc2N)cc1)C(=O)NC1CCCC1. The molecule has 3 rings (SSSR count). The molecule has 3 N–H and O–H groups in total. The highest BCUT2D eigenvalue weighted by molar-refractivity contribution is 7.08. The Hall–Kier alpha value is -2.38. The van der Waals surface area contributed by atoms with Crippen molar-refractivity contribution in [1.82, 2.24) is 15.1 Å². The quantitative estimate of drug-likeness (QED) is 0.596. The van der Waals surface area contributed by atoms with E-state index in [4.69, 9.17) is 5.73 Å². The number of anilines is 1. The summed E-state index contributed by atoms with van der Waals surface area (Å²) in [6, 6.07) is 7.87. The Morgan fingerprint density at radius 2 is 1.80 bits per heavy atom. The van der Waals surface area contributed by atoms with Crippen molar-refractivity contribution in [2.24, 2.45) is 0 Å². The van der Waals surface area contributed by atoms with E-state index in [1.807, 2.05) is 54.0 Å². The van der Waals surface area contributed by atoms with Gasteiger partial charge in [0.05, 0.1) is 0 Å². The molecule has 1 fully saturated rings. The Labute approximate surface area is 183 Å². The van der Waals surface area contributed by atoms with E-state index < -0.39 is 0 Å². The number of nitrogens with zero attached hydrogens (tertiary/aromatic N) is 2. The number of likely N-dealkylation sites (N-methyl/N-ethyl adjacent to an activating group) is 1. The molecule has 6 nitrogen and oxygen atoms in total. The van der Waals surface area contributed by atoms with Gasteiger partial charge in [0.25, 0.3) is 0 Å². The summed E-state index contributed by atoms with van der Waals surface area (Å²) in [7, 11) is 4.02. The van der Waals surface area contributed by atoms with Crippen LogP contribution in [0.2, 0.25) is 0 Å². The van der Waals surface area contributed by atoms with Crippen molar-refractivity contribution in [2.75, 3.05) is 32.9 Å². The topological polar surface area (TPSA) is 78.7 Å². The van der Waals surface area contributed by atoms with Crippen LogP contribution in [0.3, 0.4) is 0 Å². The predicted molar refractivity (Wildman–Crippen MR) is 123 cm³/mol. The maximum Gasteiger partial charge on any atom is 0.317 e. The molecule has 2 amide bonds. The van der Waals surface area contributed by atoms with E-state index >= 15 is 0 Å². The van der Waals surface area contributed by atoms with Gasteiger partial charge in [-0.15, -0.1) is 11.3 Å². The molecule has 0 atom stereocenters. The largest absolute Gasteiger partial charge is 0.398 e. The van der Waals surface area contributed by atoms with E-state index in [-0.39, 0.29) is 11.8 Å². The number of nitrogen functional groups attached to an aromatic ring is 1. The van der Waals surface area contributed by atoms with E-state index in [0.29, 0.717) is 36.8 Å². The van der Waals surface area contributed by atoms with E-state index in [2.05, 4.69) is 10.2 Å². The molecule has 1 aromatic carbocycles. The Balaban J connectivity index is 1.62. The molecule has 0 aliphatic heterocycles. The number of hydrogen-bond acceptors (Lipinski definition) is 5. The maximum atomic E-state index is 12.8. The number of nitrogens with two attached hydrogens (primary N) is 1. The number of nitrogens with one attached hydrogen (secondary N) is 1. The summed E-state index contributed by atoms with van der Waals surface area (Å²) in [5, 5.41) is 6.96. The number of urea groups is 1. The smallest absolute Gasteiger partial charge is 0.317 e. The summed E-state index contributed by atoms with van der Waals surface area (Å²) in [5.74, 6) is 0.0510. The number of thiophene rings is 1. The second kappa shape index (κ2) is 10.6. The molecule has 0 unspecified atom stereocenters. The summed E-state index contributed by atoms with van der Waals surface area (Å²) in [4.78, 5) is 29.3. The normalized spacial score (nSPS) is 14.2. The van der Waals surface area contributed by atoms with Crippen molar-refractivity contribution in [3.05, 3.63) is 51.7 Å². The van der Waals surface area contributed by atoms with Crippen LogP contribution in [-0.4, -0.2) is 54.8 Å². The highest BCUT2D eigenvalue weighted by Crippen LogP contribution is 2.20. The molecule has 0 saturated heterocycles. The zero-order valence-electron chi connectivity index (χ0n) is 17.9. The van der Waals surface area contributed by atoms with Crippen LogP contribution >= 0.6 is 11.3 Å². The summed E-state index contributed by atoms with van der Waals surface area (Å²) in [5.41, 5.74) is 9.13. The zero-order valence-corrected chi connectivity index (χ0v) is 18.7. The highest BCUT2D eigenvalue weighted by atomic mass is 32.1. The molecule has 30 heavy (non-hydrogen) atoms. The number of carbonyl (C=O) groups excluding carboxylic acids is 2. The Morgan fingerprint density at radius 1 is 1.10 bits per heavy atom. The summed E-state index contributed by atoms with van der Waals surface area (Å²) >= 11 is 1.51. The number of rotatable bonds is 9. The average Bonchev–Trinajstić information content (AvgIpc) is 3.37. The molecular formula is C23H32N4O2S. The first-order chi connectivity index (χ1) is 14.4. The van der Waals surface area contributed by atoms with E-state index in [1.54, 1.807) is 0 Å². The zero-order chi connectivity index (χ0) is 21.5. The van der Waals surface area contributed by atoms with E-state index in [1.165, 1.54) is 24.2 Å². The van der Waals surface area contributed by atoms with Crippen LogP contribution in [0.15, 0.2) is 35.0 Å². The average molecular weight is 429 g/mol. The molecule has 1 aliphatic carbocycles. The van der Waals surface area contributed by atoms with Crippen LogP contribution in [0.25, 0.3) is 0 Å². The summed E-state index contributed by atoms with van der Waals surface area (Å²) in [6.45, 7) is 1.98. The van der Waals surface area contributed by atoms with Gasteiger partial charge >= 0.3 is 6.03 Å². The molecule has 1 heterocycles. The number of Topliss-reactive ketones (excluding diaryl/α,β-unsaturated/α-hetero) is 1. The molecule has 1 saturated carbocycles. The minimum absolute atomic E-state index is 0.00293. The molecule has 1 aliphatic rings. The van der Waals surface area contributed by atoms with Gasteiger partial charge in [-0.25, -0.2) is 4.79 Å². The second-order valence-corrected chi connectivity index (χ2v) is 9.05. The number of benzene rings is 1. The standard InChI is InChI=1S/C23H32N4O2S/c1-26(2)11-12-27(23(29)25-20-5-3-4-6-20)14-17-7-9-18(10-8-17)22(28)13-19-15-30-16-21(19)24/h7-10,15-16,20H,3-6,11-14,24H2,1-2H3,(H,25,29). The van der Waals surface area contributed by atoms with Crippen LogP contribution < -0.4 is 11.1 Å². The van der Waals surface area contributed by atoms with Gasteiger partial charge in [-0.3, -0.25) is 4.79 Å². The lowest BCUT2D eigenvalue weighted by Gasteiger charge is -2.26. The number of amides is 2. The minimum atomic E-state index is -0.00293. The molecular weight excluding hydrogens is 396 g/mol. The van der Waals surface area contributed by atoms with Crippen molar-refractivity contribution in [1.29, 1.82) is 0 Å². The fourth-order valence-electron chi connectivity index (χ4n) is 3.68. The molecule has 0 bridgehead atoms. The van der Waals surface area contributed by atoms with Crippen molar-refractivity contribution in [3.8, 4) is 0 Å². The molecule has 7 heteroatoms. The number of hydrogen-bond donors (Lipinski definition) is 2. The monoisotopic (exact) mass is 428 g/mol. The molecule has 2 aromatic rings. The molecule has 0 spiro atoms. The van der Waals surface area contributed by atoms with Gasteiger partial charge in [-0.05, 0) is 43.4 Å². The van der Waals surface area contributed by atoms with Crippen LogP contribution in [0.5, 0.6) is 0 Å². The highest BCUT2D eigenvalue weighted by Gasteiger charge is 2.21. The Kier molecular flexibility index (Phi) is 7.87. The van der Waals surface area contributed by atoms with Crippen molar-refractivity contribution in [2.45, 2.75) is 44.7 Å². The predicted octanol–water partition coefficient (Wildman–Crippen LogP) is 3.77. The van der Waals surface area contributed by atoms with E-state index in [0.717, 1.165) is 30.5 Å². The van der Waals surface area contributed by atoms with Gasteiger partial charge in [-0.2, -0.15) is 0 Å². The summed E-state index contributed by atoms with van der Waals surface area (Å²) in [6.07, 6.45) is 4.83. The van der Waals surface area contributed by atoms with E-state index in [9.17, 15) is 9.59 Å². The lowest BCUT2D eigenvalue weighted by Crippen LogP contribution is -2.45. The number of ketones is 1. The fourth-order valence-corrected chi connectivity index (χ4v) is 4.43. The van der Waals surface area contributed by atoms with Crippen molar-refractivity contribution < 1.29 is 9.59 Å². The molecule has 1 aromatic heterocycles. The van der Waals surface area contributed by atoms with Gasteiger partial charge in [-0.1, -0.05) is 37.1 Å². The Morgan fingerprint density at radius 3 is 2.40 bits per heavy atom. The van der Waals surface area contributed by atoms with Gasteiger partial charge in [0.1, 0.15) is 0 Å². The first-order valence-corrected chi connectivity index (χ1v) is 11.5.